The minimum Gasteiger partial charge on any atom is -0.338 e. The van der Waals surface area contributed by atoms with Crippen molar-refractivity contribution in [1.29, 1.82) is 0 Å². The van der Waals surface area contributed by atoms with E-state index < -0.39 is 11.6 Å². The first-order valence-electron chi connectivity index (χ1n) is 9.69. The monoisotopic (exact) mass is 393 g/mol. The molecule has 1 saturated heterocycles. The Hall–Kier alpha value is -3.42. The lowest BCUT2D eigenvalue weighted by atomic mass is 9.91. The second-order valence-electron chi connectivity index (χ2n) is 7.83. The Morgan fingerprint density at radius 2 is 1.83 bits per heavy atom. The topological polar surface area (TPSA) is 99.6 Å². The number of hydrogen-bond donors (Lipinski definition) is 2. The normalized spacial score (nSPS) is 19.3. The molecule has 2 amide bonds. The number of carbonyl (C=O) groups is 2. The summed E-state index contributed by atoms with van der Waals surface area (Å²) in [5.74, 6) is 0.412. The van der Waals surface area contributed by atoms with Crippen LogP contribution in [0.3, 0.4) is 0 Å². The molecule has 1 aliphatic heterocycles. The summed E-state index contributed by atoms with van der Waals surface area (Å²) in [5.41, 5.74) is 1.22. The Labute approximate surface area is 167 Å². The van der Waals surface area contributed by atoms with Crippen LogP contribution in [0.2, 0.25) is 0 Å². The summed E-state index contributed by atoms with van der Waals surface area (Å²) in [7, 11) is 0. The lowest BCUT2D eigenvalue weighted by Crippen LogP contribution is -2.42. The van der Waals surface area contributed by atoms with Crippen LogP contribution in [0.25, 0.3) is 5.65 Å². The van der Waals surface area contributed by atoms with Crippen LogP contribution in [0.5, 0.6) is 0 Å². The largest absolute Gasteiger partial charge is 0.347 e. The fourth-order valence-corrected chi connectivity index (χ4v) is 4.01. The molecule has 2 aromatic heterocycles. The maximum atomic E-state index is 13.1. The summed E-state index contributed by atoms with van der Waals surface area (Å²) >= 11 is 0. The number of amides is 2. The van der Waals surface area contributed by atoms with E-state index in [1.807, 2.05) is 4.90 Å². The Morgan fingerprint density at radius 3 is 2.59 bits per heavy atom. The smallest absolute Gasteiger partial charge is 0.338 e. The molecule has 1 fully saturated rings. The standard InChI is InChI=1S/C21H23N5O3/c1-13-9-14(2)11-25(10-13)20(28)16-5-3-4-6-17(16)22-19(27)15-7-8-18-23-24-21(29)26(18)12-15/h3-8,12-14H,9-11H2,1-2H3,(H,22,27)(H,24,29). The second kappa shape index (κ2) is 7.54. The molecule has 1 aliphatic rings. The molecule has 3 heterocycles. The molecule has 2 N–H and O–H groups in total. The summed E-state index contributed by atoms with van der Waals surface area (Å²) in [5, 5.41) is 9.00. The Bertz CT molecular complexity index is 1120. The molecular formula is C21H23N5O3. The number of carbonyl (C=O) groups excluding carboxylic acids is 2. The molecule has 8 nitrogen and oxygen atoms in total. The SMILES string of the molecule is CC1CC(C)CN(C(=O)c2ccccc2NC(=O)c2ccc3n[nH]c(=O)n3c2)C1. The number of hydrogen-bond acceptors (Lipinski definition) is 4. The number of benzene rings is 1. The Kier molecular flexibility index (Phi) is 4.92. The van der Waals surface area contributed by atoms with Crippen LogP contribution >= 0.6 is 0 Å². The molecule has 0 radical (unpaired) electrons. The van der Waals surface area contributed by atoms with Gasteiger partial charge in [-0.15, -0.1) is 0 Å². The number of aromatic nitrogens is 3. The predicted octanol–water partition coefficient (Wildman–Crippen LogP) is 2.39. The number of pyridine rings is 1. The van der Waals surface area contributed by atoms with Gasteiger partial charge in [-0.05, 0) is 42.5 Å². The first-order chi connectivity index (χ1) is 13.9. The quantitative estimate of drug-likeness (QED) is 0.714. The average Bonchev–Trinajstić information content (AvgIpc) is 3.07. The lowest BCUT2D eigenvalue weighted by Gasteiger charge is -2.35. The zero-order valence-corrected chi connectivity index (χ0v) is 16.4. The van der Waals surface area contributed by atoms with Gasteiger partial charge in [0.2, 0.25) is 0 Å². The summed E-state index contributed by atoms with van der Waals surface area (Å²) in [6.45, 7) is 5.73. The third-order valence-electron chi connectivity index (χ3n) is 5.24. The molecule has 4 rings (SSSR count). The molecule has 0 aliphatic carbocycles. The molecule has 0 saturated carbocycles. The number of rotatable bonds is 3. The highest BCUT2D eigenvalue weighted by Crippen LogP contribution is 2.25. The predicted molar refractivity (Wildman–Crippen MR) is 109 cm³/mol. The Balaban J connectivity index is 1.59. The fraction of sp³-hybridized carbons (Fsp3) is 0.333. The van der Waals surface area contributed by atoms with Crippen molar-refractivity contribution in [2.75, 3.05) is 18.4 Å². The van der Waals surface area contributed by atoms with Crippen molar-refractivity contribution in [3.63, 3.8) is 0 Å². The fourth-order valence-electron chi connectivity index (χ4n) is 4.01. The molecular weight excluding hydrogens is 370 g/mol. The van der Waals surface area contributed by atoms with Crippen molar-refractivity contribution >= 4 is 23.1 Å². The van der Waals surface area contributed by atoms with Crippen molar-refractivity contribution in [3.05, 3.63) is 64.2 Å². The maximum Gasteiger partial charge on any atom is 0.347 e. The lowest BCUT2D eigenvalue weighted by molar-refractivity contribution is 0.0624. The van der Waals surface area contributed by atoms with Crippen molar-refractivity contribution in [1.82, 2.24) is 19.5 Å². The molecule has 3 aromatic rings. The zero-order valence-electron chi connectivity index (χ0n) is 16.4. The molecule has 8 heteroatoms. The number of nitrogens with one attached hydrogen (secondary N) is 2. The van der Waals surface area contributed by atoms with Crippen molar-refractivity contribution in [2.24, 2.45) is 11.8 Å². The number of nitrogens with zero attached hydrogens (tertiary/aromatic N) is 3. The number of aromatic amines is 1. The number of para-hydroxylation sites is 1. The zero-order chi connectivity index (χ0) is 20.5. The average molecular weight is 393 g/mol. The van der Waals surface area contributed by atoms with Gasteiger partial charge >= 0.3 is 5.69 Å². The minimum absolute atomic E-state index is 0.0826. The third-order valence-corrected chi connectivity index (χ3v) is 5.24. The molecule has 2 atom stereocenters. The van der Waals surface area contributed by atoms with Crippen molar-refractivity contribution in [3.8, 4) is 0 Å². The van der Waals surface area contributed by atoms with Crippen molar-refractivity contribution in [2.45, 2.75) is 20.3 Å². The van der Waals surface area contributed by atoms with Crippen LogP contribution in [0.15, 0.2) is 47.4 Å². The summed E-state index contributed by atoms with van der Waals surface area (Å²) in [4.78, 5) is 39.5. The first-order valence-corrected chi connectivity index (χ1v) is 9.69. The van der Waals surface area contributed by atoms with Gasteiger partial charge < -0.3 is 10.2 Å². The molecule has 0 bridgehead atoms. The number of anilines is 1. The van der Waals surface area contributed by atoms with Gasteiger partial charge in [0.15, 0.2) is 5.65 Å². The number of H-pyrrole nitrogens is 1. The molecule has 29 heavy (non-hydrogen) atoms. The van der Waals surface area contributed by atoms with E-state index in [1.165, 1.54) is 10.6 Å². The van der Waals surface area contributed by atoms with E-state index in [1.54, 1.807) is 36.4 Å². The molecule has 1 aromatic carbocycles. The first kappa shape index (κ1) is 18.9. The highest BCUT2D eigenvalue weighted by Gasteiger charge is 2.27. The van der Waals surface area contributed by atoms with Crippen LogP contribution in [0.1, 0.15) is 41.0 Å². The van der Waals surface area contributed by atoms with E-state index in [4.69, 9.17) is 0 Å². The highest BCUT2D eigenvalue weighted by atomic mass is 16.2. The van der Waals surface area contributed by atoms with Crippen LogP contribution < -0.4 is 11.0 Å². The molecule has 0 spiro atoms. The van der Waals surface area contributed by atoms with Gasteiger partial charge in [-0.2, -0.15) is 5.10 Å². The van der Waals surface area contributed by atoms with Gasteiger partial charge in [-0.25, -0.2) is 14.3 Å². The van der Waals surface area contributed by atoms with Crippen LogP contribution in [-0.2, 0) is 0 Å². The number of fused-ring (bicyclic) bond motifs is 1. The van der Waals surface area contributed by atoms with E-state index in [2.05, 4.69) is 29.4 Å². The van der Waals surface area contributed by atoms with Crippen LogP contribution in [0, 0.1) is 11.8 Å². The van der Waals surface area contributed by atoms with Gasteiger partial charge in [-0.3, -0.25) is 9.59 Å². The van der Waals surface area contributed by atoms with Crippen LogP contribution in [-0.4, -0.2) is 44.4 Å². The van der Waals surface area contributed by atoms with Crippen LogP contribution in [0.4, 0.5) is 5.69 Å². The van der Waals surface area contributed by atoms with Gasteiger partial charge in [0.25, 0.3) is 11.8 Å². The van der Waals surface area contributed by atoms with E-state index in [9.17, 15) is 14.4 Å². The third kappa shape index (κ3) is 3.78. The van der Waals surface area contributed by atoms with E-state index in [0.717, 1.165) is 6.42 Å². The van der Waals surface area contributed by atoms with E-state index in [0.29, 0.717) is 47.4 Å². The van der Waals surface area contributed by atoms with Gasteiger partial charge in [0.1, 0.15) is 0 Å². The van der Waals surface area contributed by atoms with Crippen molar-refractivity contribution < 1.29 is 9.59 Å². The molecule has 150 valence electrons. The number of piperidine rings is 1. The second-order valence-corrected chi connectivity index (χ2v) is 7.83. The van der Waals surface area contributed by atoms with Gasteiger partial charge in [-0.1, -0.05) is 26.0 Å². The van der Waals surface area contributed by atoms with E-state index >= 15 is 0 Å². The Morgan fingerprint density at radius 1 is 1.10 bits per heavy atom. The summed E-state index contributed by atoms with van der Waals surface area (Å²) in [6.07, 6.45) is 2.53. The summed E-state index contributed by atoms with van der Waals surface area (Å²) in [6, 6.07) is 10.2. The maximum absolute atomic E-state index is 13.1. The molecule has 2 unspecified atom stereocenters. The summed E-state index contributed by atoms with van der Waals surface area (Å²) < 4.78 is 1.27. The van der Waals surface area contributed by atoms with Gasteiger partial charge in [0, 0.05) is 19.3 Å². The van der Waals surface area contributed by atoms with E-state index in [-0.39, 0.29) is 5.91 Å². The van der Waals surface area contributed by atoms with Gasteiger partial charge in [0.05, 0.1) is 16.8 Å². The number of likely N-dealkylation sites (tertiary alicyclic amines) is 1. The minimum atomic E-state index is -0.418. The highest BCUT2D eigenvalue weighted by molar-refractivity contribution is 6.09.